The van der Waals surface area contributed by atoms with Gasteiger partial charge in [-0.25, -0.2) is 0 Å². The van der Waals surface area contributed by atoms with Crippen LogP contribution >= 0.6 is 0 Å². The lowest BCUT2D eigenvalue weighted by Gasteiger charge is -2.06. The van der Waals surface area contributed by atoms with Crippen molar-refractivity contribution in [1.29, 1.82) is 0 Å². The summed E-state index contributed by atoms with van der Waals surface area (Å²) in [6.07, 6.45) is 5.98. The molecule has 1 heterocycles. The molecule has 0 unspecified atom stereocenters. The topological polar surface area (TPSA) is 52.6 Å². The van der Waals surface area contributed by atoms with Crippen molar-refractivity contribution in [2.45, 2.75) is 0 Å². The van der Waals surface area contributed by atoms with E-state index in [0.717, 1.165) is 11.8 Å². The highest BCUT2D eigenvalue weighted by Crippen LogP contribution is 2.05. The Balaban J connectivity index is 2.42. The molecule has 5 heteroatoms. The molecule has 1 aliphatic heterocycles. The van der Waals surface area contributed by atoms with Crippen LogP contribution in [0.15, 0.2) is 24.0 Å². The lowest BCUT2D eigenvalue weighted by atomic mass is 10.2. The van der Waals surface area contributed by atoms with Gasteiger partial charge in [-0.3, -0.25) is 4.18 Å². The fraction of sp³-hybridized carbons (Fsp3) is 0.429. The van der Waals surface area contributed by atoms with Crippen LogP contribution in [0, 0.1) is 0 Å². The summed E-state index contributed by atoms with van der Waals surface area (Å²) >= 11 is 0. The molecule has 1 aliphatic rings. The molecular weight excluding hydrogens is 180 g/mol. The van der Waals surface area contributed by atoms with E-state index in [-0.39, 0.29) is 6.61 Å². The van der Waals surface area contributed by atoms with Gasteiger partial charge in [0.15, 0.2) is 0 Å². The second-order valence-electron chi connectivity index (χ2n) is 2.38. The Bertz CT molecular complexity index is 299. The Morgan fingerprint density at radius 1 is 1.67 bits per heavy atom. The molecule has 0 aromatic rings. The van der Waals surface area contributed by atoms with Gasteiger partial charge in [0, 0.05) is 0 Å². The zero-order valence-corrected chi connectivity index (χ0v) is 7.50. The molecule has 0 fully saturated rings. The standard InChI is InChI=1S/C7H10O4S/c1-12(8,9)11-6-7-2-4-10-5-3-7/h2-4H,5-6H2,1H3. The number of ether oxygens (including phenoxy) is 1. The number of hydrogen-bond acceptors (Lipinski definition) is 4. The highest BCUT2D eigenvalue weighted by Gasteiger charge is 2.04. The predicted molar refractivity (Wildman–Crippen MR) is 44.0 cm³/mol. The molecule has 0 N–H and O–H groups in total. The SMILES string of the molecule is CS(=O)(=O)OCC1=CCOC=C1. The van der Waals surface area contributed by atoms with E-state index in [0.29, 0.717) is 6.61 Å². The average molecular weight is 190 g/mol. The summed E-state index contributed by atoms with van der Waals surface area (Å²) in [6.45, 7) is 0.553. The highest BCUT2D eigenvalue weighted by atomic mass is 32.2. The minimum atomic E-state index is -3.34. The molecule has 12 heavy (non-hydrogen) atoms. The van der Waals surface area contributed by atoms with Crippen molar-refractivity contribution in [3.05, 3.63) is 24.0 Å². The molecule has 0 aromatic carbocycles. The number of rotatable bonds is 3. The van der Waals surface area contributed by atoms with Crippen LogP contribution in [0.1, 0.15) is 0 Å². The second kappa shape index (κ2) is 3.73. The van der Waals surface area contributed by atoms with Gasteiger partial charge in [-0.05, 0) is 17.7 Å². The minimum absolute atomic E-state index is 0.0820. The Hall–Kier alpha value is -0.810. The van der Waals surface area contributed by atoms with Gasteiger partial charge in [0.25, 0.3) is 10.1 Å². The van der Waals surface area contributed by atoms with Crippen molar-refractivity contribution < 1.29 is 17.3 Å². The van der Waals surface area contributed by atoms with E-state index in [9.17, 15) is 8.42 Å². The summed E-state index contributed by atoms with van der Waals surface area (Å²) in [5, 5.41) is 0. The van der Waals surface area contributed by atoms with Crippen molar-refractivity contribution in [3.8, 4) is 0 Å². The predicted octanol–water partition coefficient (Wildman–Crippen LogP) is 0.433. The van der Waals surface area contributed by atoms with Crippen LogP contribution in [-0.4, -0.2) is 27.9 Å². The molecule has 0 radical (unpaired) electrons. The van der Waals surface area contributed by atoms with Gasteiger partial charge in [-0.2, -0.15) is 8.42 Å². The van der Waals surface area contributed by atoms with E-state index in [4.69, 9.17) is 4.74 Å². The lowest BCUT2D eigenvalue weighted by molar-refractivity contribution is 0.279. The van der Waals surface area contributed by atoms with Crippen LogP contribution in [0.25, 0.3) is 0 Å². The third-order valence-corrected chi connectivity index (χ3v) is 1.81. The molecule has 0 atom stereocenters. The molecule has 0 aliphatic carbocycles. The number of hydrogen-bond donors (Lipinski definition) is 0. The van der Waals surface area contributed by atoms with E-state index >= 15 is 0 Å². The van der Waals surface area contributed by atoms with Gasteiger partial charge in [-0.1, -0.05) is 0 Å². The molecule has 0 amide bonds. The molecule has 68 valence electrons. The first kappa shape index (κ1) is 9.28. The van der Waals surface area contributed by atoms with Gasteiger partial charge < -0.3 is 4.74 Å². The molecule has 0 saturated heterocycles. The maximum absolute atomic E-state index is 10.6. The zero-order valence-electron chi connectivity index (χ0n) is 6.69. The smallest absolute Gasteiger partial charge is 0.264 e. The van der Waals surface area contributed by atoms with Crippen molar-refractivity contribution in [2.75, 3.05) is 19.5 Å². The van der Waals surface area contributed by atoms with Gasteiger partial charge in [0.05, 0.1) is 19.1 Å². The summed E-state index contributed by atoms with van der Waals surface area (Å²) in [5.41, 5.74) is 0.812. The summed E-state index contributed by atoms with van der Waals surface area (Å²) < 4.78 is 30.6. The first-order valence-corrected chi connectivity index (χ1v) is 5.21. The summed E-state index contributed by atoms with van der Waals surface area (Å²) in [7, 11) is -3.34. The minimum Gasteiger partial charge on any atom is -0.497 e. The van der Waals surface area contributed by atoms with Gasteiger partial charge >= 0.3 is 0 Å². The van der Waals surface area contributed by atoms with Crippen LogP contribution in [0.3, 0.4) is 0 Å². The quantitative estimate of drug-likeness (QED) is 0.606. The summed E-state index contributed by atoms with van der Waals surface area (Å²) in [4.78, 5) is 0. The second-order valence-corrected chi connectivity index (χ2v) is 4.03. The Kier molecular flexibility index (Phi) is 2.88. The van der Waals surface area contributed by atoms with Crippen molar-refractivity contribution in [2.24, 2.45) is 0 Å². The van der Waals surface area contributed by atoms with Gasteiger partial charge in [0.1, 0.15) is 6.61 Å². The van der Waals surface area contributed by atoms with Crippen LogP contribution < -0.4 is 0 Å². The van der Waals surface area contributed by atoms with Crippen molar-refractivity contribution >= 4 is 10.1 Å². The van der Waals surface area contributed by atoms with E-state index in [1.807, 2.05) is 0 Å². The average Bonchev–Trinajstić information content (AvgIpc) is 2.02. The van der Waals surface area contributed by atoms with E-state index in [1.165, 1.54) is 6.26 Å². The molecule has 0 aromatic heterocycles. The fourth-order valence-corrected chi connectivity index (χ4v) is 1.05. The summed E-state index contributed by atoms with van der Waals surface area (Å²) in [6, 6.07) is 0. The van der Waals surface area contributed by atoms with E-state index in [2.05, 4.69) is 4.18 Å². The Morgan fingerprint density at radius 3 is 2.92 bits per heavy atom. The first-order chi connectivity index (χ1) is 5.58. The van der Waals surface area contributed by atoms with Crippen molar-refractivity contribution in [1.82, 2.24) is 0 Å². The van der Waals surface area contributed by atoms with Gasteiger partial charge in [0.2, 0.25) is 0 Å². The van der Waals surface area contributed by atoms with E-state index < -0.39 is 10.1 Å². The lowest BCUT2D eigenvalue weighted by Crippen LogP contribution is -2.07. The normalized spacial score (nSPS) is 16.9. The van der Waals surface area contributed by atoms with Crippen LogP contribution in [0.2, 0.25) is 0 Å². The van der Waals surface area contributed by atoms with Crippen LogP contribution in [-0.2, 0) is 19.0 Å². The molecule has 4 nitrogen and oxygen atoms in total. The van der Waals surface area contributed by atoms with Crippen molar-refractivity contribution in [3.63, 3.8) is 0 Å². The van der Waals surface area contributed by atoms with Gasteiger partial charge in [-0.15, -0.1) is 0 Å². The maximum atomic E-state index is 10.6. The monoisotopic (exact) mass is 190 g/mol. The largest absolute Gasteiger partial charge is 0.497 e. The Morgan fingerprint density at radius 2 is 2.42 bits per heavy atom. The molecule has 1 rings (SSSR count). The zero-order chi connectivity index (χ0) is 9.03. The molecule has 0 saturated carbocycles. The highest BCUT2D eigenvalue weighted by molar-refractivity contribution is 7.85. The first-order valence-electron chi connectivity index (χ1n) is 3.39. The summed E-state index contributed by atoms with van der Waals surface area (Å²) in [5.74, 6) is 0. The molecular formula is C7H10O4S. The maximum Gasteiger partial charge on any atom is 0.264 e. The third-order valence-electron chi connectivity index (χ3n) is 1.26. The fourth-order valence-electron chi connectivity index (χ4n) is 0.696. The molecule has 0 bridgehead atoms. The van der Waals surface area contributed by atoms with E-state index in [1.54, 1.807) is 12.2 Å². The van der Waals surface area contributed by atoms with Crippen LogP contribution in [0.5, 0.6) is 0 Å². The van der Waals surface area contributed by atoms with Crippen LogP contribution in [0.4, 0.5) is 0 Å². The Labute approximate surface area is 71.6 Å². The third kappa shape index (κ3) is 3.54. The molecule has 0 spiro atoms.